The molecular formula is C18H20O5. The van der Waals surface area contributed by atoms with Crippen LogP contribution in [0.15, 0.2) is 42.2 Å². The summed E-state index contributed by atoms with van der Waals surface area (Å²) in [6.45, 7) is 1.92. The van der Waals surface area contributed by atoms with E-state index in [2.05, 4.69) is 0 Å². The Hall–Kier alpha value is -2.14. The number of aliphatic hydroxyl groups excluding tert-OH is 1. The van der Waals surface area contributed by atoms with Gasteiger partial charge in [0.15, 0.2) is 0 Å². The molecule has 23 heavy (non-hydrogen) atoms. The van der Waals surface area contributed by atoms with E-state index in [0.29, 0.717) is 19.3 Å². The van der Waals surface area contributed by atoms with Crippen molar-refractivity contribution in [2.75, 3.05) is 6.61 Å². The fourth-order valence-corrected chi connectivity index (χ4v) is 3.59. The number of hydrogen-bond donors (Lipinski definition) is 1. The highest BCUT2D eigenvalue weighted by Crippen LogP contribution is 2.53. The highest BCUT2D eigenvalue weighted by atomic mass is 16.6. The SMILES string of the molecule is CCOC(=O)C1=C[C@H](c2ccccc2)[C@]2(CCCC2=O)C(O)O1. The number of aliphatic hydroxyl groups is 1. The van der Waals surface area contributed by atoms with Gasteiger partial charge < -0.3 is 14.6 Å². The number of esters is 1. The van der Waals surface area contributed by atoms with Gasteiger partial charge >= 0.3 is 5.97 Å². The summed E-state index contributed by atoms with van der Waals surface area (Å²) in [5, 5.41) is 10.6. The number of Topliss-reactive ketones (excluding diaryl/α,β-unsaturated/α-hetero) is 1. The third kappa shape index (κ3) is 2.55. The fraction of sp³-hybridized carbons (Fsp3) is 0.444. The molecule has 1 N–H and O–H groups in total. The topological polar surface area (TPSA) is 72.8 Å². The Bertz CT molecular complexity index is 636. The molecule has 1 unspecified atom stereocenters. The first-order valence-electron chi connectivity index (χ1n) is 7.91. The number of ether oxygens (including phenoxy) is 2. The van der Waals surface area contributed by atoms with E-state index in [-0.39, 0.29) is 18.1 Å². The molecule has 5 nitrogen and oxygen atoms in total. The smallest absolute Gasteiger partial charge is 0.373 e. The predicted molar refractivity (Wildman–Crippen MR) is 82.3 cm³/mol. The molecule has 0 aromatic heterocycles. The molecule has 0 radical (unpaired) electrons. The highest BCUT2D eigenvalue weighted by Gasteiger charge is 2.57. The van der Waals surface area contributed by atoms with E-state index in [9.17, 15) is 14.7 Å². The zero-order valence-electron chi connectivity index (χ0n) is 13.0. The Morgan fingerprint density at radius 3 is 2.74 bits per heavy atom. The van der Waals surface area contributed by atoms with Gasteiger partial charge in [-0.1, -0.05) is 30.3 Å². The number of rotatable bonds is 3. The third-order valence-corrected chi connectivity index (χ3v) is 4.70. The van der Waals surface area contributed by atoms with Gasteiger partial charge in [0, 0.05) is 12.3 Å². The molecule has 5 heteroatoms. The predicted octanol–water partition coefficient (Wildman–Crippen LogP) is 2.31. The van der Waals surface area contributed by atoms with E-state index in [4.69, 9.17) is 9.47 Å². The van der Waals surface area contributed by atoms with Crippen molar-refractivity contribution in [3.8, 4) is 0 Å². The van der Waals surface area contributed by atoms with Gasteiger partial charge in [0.05, 0.1) is 6.61 Å². The maximum absolute atomic E-state index is 12.6. The Labute approximate surface area is 134 Å². The quantitative estimate of drug-likeness (QED) is 0.866. The van der Waals surface area contributed by atoms with Crippen LogP contribution in [0.2, 0.25) is 0 Å². The lowest BCUT2D eigenvalue weighted by molar-refractivity contribution is -0.184. The van der Waals surface area contributed by atoms with Crippen molar-refractivity contribution in [1.29, 1.82) is 0 Å². The first-order chi connectivity index (χ1) is 11.1. The van der Waals surface area contributed by atoms with Crippen LogP contribution in [0.1, 0.15) is 37.7 Å². The van der Waals surface area contributed by atoms with Gasteiger partial charge in [-0.2, -0.15) is 0 Å². The van der Waals surface area contributed by atoms with Crippen molar-refractivity contribution in [3.05, 3.63) is 47.7 Å². The largest absolute Gasteiger partial charge is 0.460 e. The van der Waals surface area contributed by atoms with E-state index in [0.717, 1.165) is 5.56 Å². The maximum atomic E-state index is 12.6. The van der Waals surface area contributed by atoms with Crippen molar-refractivity contribution in [2.24, 2.45) is 5.41 Å². The Kier molecular flexibility index (Phi) is 4.22. The molecule has 1 aromatic carbocycles. The number of benzene rings is 1. The second-order valence-corrected chi connectivity index (χ2v) is 5.93. The zero-order chi connectivity index (χ0) is 16.4. The van der Waals surface area contributed by atoms with E-state index < -0.39 is 23.6 Å². The van der Waals surface area contributed by atoms with E-state index >= 15 is 0 Å². The normalized spacial score (nSPS) is 30.0. The van der Waals surface area contributed by atoms with Crippen LogP contribution in [-0.4, -0.2) is 29.8 Å². The first kappa shape index (κ1) is 15.7. The lowest BCUT2D eigenvalue weighted by atomic mass is 9.68. The van der Waals surface area contributed by atoms with Crippen LogP contribution in [0, 0.1) is 5.41 Å². The van der Waals surface area contributed by atoms with Crippen LogP contribution in [0.4, 0.5) is 0 Å². The summed E-state index contributed by atoms with van der Waals surface area (Å²) in [4.78, 5) is 24.6. The Morgan fingerprint density at radius 1 is 1.39 bits per heavy atom. The summed E-state index contributed by atoms with van der Waals surface area (Å²) in [5.41, 5.74) is -0.135. The first-order valence-corrected chi connectivity index (χ1v) is 7.91. The van der Waals surface area contributed by atoms with Crippen LogP contribution in [0.25, 0.3) is 0 Å². The van der Waals surface area contributed by atoms with Crippen LogP contribution < -0.4 is 0 Å². The second kappa shape index (κ2) is 6.16. The molecule has 3 rings (SSSR count). The second-order valence-electron chi connectivity index (χ2n) is 5.93. The summed E-state index contributed by atoms with van der Waals surface area (Å²) < 4.78 is 10.3. The van der Waals surface area contributed by atoms with Crippen LogP contribution in [0.5, 0.6) is 0 Å². The molecule has 2 aliphatic rings. The van der Waals surface area contributed by atoms with E-state index in [1.165, 1.54) is 0 Å². The minimum atomic E-state index is -1.34. The van der Waals surface area contributed by atoms with Crippen LogP contribution >= 0.6 is 0 Å². The van der Waals surface area contributed by atoms with Gasteiger partial charge in [-0.05, 0) is 31.4 Å². The molecule has 0 amide bonds. The van der Waals surface area contributed by atoms with E-state index in [1.54, 1.807) is 13.0 Å². The number of carbonyl (C=O) groups excluding carboxylic acids is 2. The van der Waals surface area contributed by atoms with E-state index in [1.807, 2.05) is 30.3 Å². The Morgan fingerprint density at radius 2 is 2.13 bits per heavy atom. The van der Waals surface area contributed by atoms with Crippen molar-refractivity contribution in [2.45, 2.75) is 38.4 Å². The summed E-state index contributed by atoms with van der Waals surface area (Å²) in [6, 6.07) is 9.44. The monoisotopic (exact) mass is 316 g/mol. The van der Waals surface area contributed by atoms with Gasteiger partial charge in [0.1, 0.15) is 11.2 Å². The minimum Gasteiger partial charge on any atom is -0.460 e. The lowest BCUT2D eigenvalue weighted by Gasteiger charge is -2.41. The average Bonchev–Trinajstić information content (AvgIpc) is 2.93. The summed E-state index contributed by atoms with van der Waals surface area (Å²) >= 11 is 0. The third-order valence-electron chi connectivity index (χ3n) is 4.70. The maximum Gasteiger partial charge on any atom is 0.373 e. The number of carbonyl (C=O) groups is 2. The van der Waals surface area contributed by atoms with Gasteiger partial charge in [-0.25, -0.2) is 4.79 Å². The summed E-state index contributed by atoms with van der Waals surface area (Å²) in [7, 11) is 0. The lowest BCUT2D eigenvalue weighted by Crippen LogP contribution is -2.48. The molecule has 1 spiro atoms. The summed E-state index contributed by atoms with van der Waals surface area (Å²) in [6.07, 6.45) is 1.96. The van der Waals surface area contributed by atoms with Crippen molar-refractivity contribution in [3.63, 3.8) is 0 Å². The zero-order valence-corrected chi connectivity index (χ0v) is 13.0. The van der Waals surface area contributed by atoms with Crippen molar-refractivity contribution in [1.82, 2.24) is 0 Å². The molecule has 122 valence electrons. The minimum absolute atomic E-state index is 0.0157. The van der Waals surface area contributed by atoms with Gasteiger partial charge in [0.2, 0.25) is 12.0 Å². The molecule has 1 heterocycles. The van der Waals surface area contributed by atoms with Gasteiger partial charge in [-0.3, -0.25) is 4.79 Å². The molecule has 3 atom stereocenters. The van der Waals surface area contributed by atoms with Gasteiger partial charge in [-0.15, -0.1) is 0 Å². The summed E-state index contributed by atoms with van der Waals surface area (Å²) in [5.74, 6) is -1.06. The number of ketones is 1. The molecule has 1 aliphatic carbocycles. The number of hydrogen-bond acceptors (Lipinski definition) is 5. The molecule has 0 saturated heterocycles. The number of allylic oxidation sites excluding steroid dienone is 1. The molecule has 1 fully saturated rings. The Balaban J connectivity index is 2.08. The van der Waals surface area contributed by atoms with Crippen molar-refractivity contribution >= 4 is 11.8 Å². The molecule has 0 bridgehead atoms. The standard InChI is InChI=1S/C18H20O5/c1-2-22-16(20)14-11-13(12-7-4-3-5-8-12)18(17(21)23-14)10-6-9-15(18)19/h3-5,7-8,11,13,17,21H,2,6,9-10H2,1H3/t13-,17?,18+/m1/s1. The average molecular weight is 316 g/mol. The molecular weight excluding hydrogens is 296 g/mol. The van der Waals surface area contributed by atoms with Crippen LogP contribution in [-0.2, 0) is 19.1 Å². The highest BCUT2D eigenvalue weighted by molar-refractivity contribution is 5.91. The van der Waals surface area contributed by atoms with Gasteiger partial charge in [0.25, 0.3) is 0 Å². The molecule has 1 aliphatic heterocycles. The van der Waals surface area contributed by atoms with Crippen molar-refractivity contribution < 1.29 is 24.2 Å². The molecule has 1 saturated carbocycles. The molecule has 1 aromatic rings. The van der Waals surface area contributed by atoms with Crippen LogP contribution in [0.3, 0.4) is 0 Å². The fourth-order valence-electron chi connectivity index (χ4n) is 3.59.